The van der Waals surface area contributed by atoms with Crippen molar-refractivity contribution in [3.8, 4) is 22.6 Å². The minimum Gasteiger partial charge on any atom is -0.508 e. The first-order chi connectivity index (χ1) is 17.9. The molecule has 4 aromatic rings. The average Bonchev–Trinajstić information content (AvgIpc) is 2.90. The summed E-state index contributed by atoms with van der Waals surface area (Å²) in [7, 11) is -3.26. The van der Waals surface area contributed by atoms with Gasteiger partial charge in [-0.2, -0.15) is 0 Å². The molecule has 0 aliphatic carbocycles. The van der Waals surface area contributed by atoms with Crippen molar-refractivity contribution in [1.29, 1.82) is 0 Å². The van der Waals surface area contributed by atoms with Crippen LogP contribution in [0.3, 0.4) is 0 Å². The van der Waals surface area contributed by atoms with E-state index in [9.17, 15) is 13.5 Å². The summed E-state index contributed by atoms with van der Waals surface area (Å²) < 4.78 is 29.9. The Morgan fingerprint density at radius 1 is 0.947 bits per heavy atom. The van der Waals surface area contributed by atoms with Crippen molar-refractivity contribution in [2.75, 3.05) is 19.4 Å². The van der Waals surface area contributed by atoms with Gasteiger partial charge in [0.2, 0.25) is 0 Å². The largest absolute Gasteiger partial charge is 0.508 e. The van der Waals surface area contributed by atoms with Crippen molar-refractivity contribution >= 4 is 33.0 Å². The number of hydrogen-bond donors (Lipinski definition) is 2. The first-order valence-electron chi connectivity index (χ1n) is 12.9. The fourth-order valence-electron chi connectivity index (χ4n) is 5.12. The van der Waals surface area contributed by atoms with Gasteiger partial charge in [-0.3, -0.25) is 0 Å². The lowest BCUT2D eigenvalue weighted by Gasteiger charge is -2.23. The Morgan fingerprint density at radius 3 is 2.39 bits per heavy atom. The molecule has 1 heterocycles. The average molecular weight is 552 g/mol. The second kappa shape index (κ2) is 12.2. The van der Waals surface area contributed by atoms with E-state index >= 15 is 0 Å². The molecule has 1 saturated heterocycles. The van der Waals surface area contributed by atoms with E-state index in [4.69, 9.17) is 4.74 Å². The van der Waals surface area contributed by atoms with Gasteiger partial charge >= 0.3 is 0 Å². The highest BCUT2D eigenvalue weighted by atomic mass is 35.5. The minimum atomic E-state index is -3.26. The Hall–Kier alpha value is -3.06. The summed E-state index contributed by atoms with van der Waals surface area (Å²) in [5, 5.41) is 15.6. The predicted octanol–water partition coefficient (Wildman–Crippen LogP) is 6.54. The van der Waals surface area contributed by atoms with Gasteiger partial charge in [-0.15, -0.1) is 12.4 Å². The summed E-state index contributed by atoms with van der Waals surface area (Å²) in [6, 6.07) is 25.3. The van der Waals surface area contributed by atoms with Gasteiger partial charge in [-0.05, 0) is 102 Å². The Labute approximate surface area is 231 Å². The Bertz CT molecular complexity index is 1480. The molecular weight excluding hydrogens is 518 g/mol. The number of hydrogen-bond acceptors (Lipinski definition) is 5. The van der Waals surface area contributed by atoms with Crippen LogP contribution in [0.1, 0.15) is 36.8 Å². The molecule has 0 bridgehead atoms. The van der Waals surface area contributed by atoms with Crippen molar-refractivity contribution in [2.24, 2.45) is 0 Å². The van der Waals surface area contributed by atoms with Crippen LogP contribution in [-0.4, -0.2) is 39.0 Å². The number of nitrogens with one attached hydrogen (secondary N) is 1. The van der Waals surface area contributed by atoms with Crippen LogP contribution in [-0.2, 0) is 16.3 Å². The molecule has 0 aromatic heterocycles. The number of piperidine rings is 1. The SMILES string of the molecule is CS(=O)(=O)c1ccc(-c2ccc3cc(O)ccc3c2Cc2ccc(OCCC3CCCCN3)cc2)cc1.Cl. The summed E-state index contributed by atoms with van der Waals surface area (Å²) >= 11 is 0. The van der Waals surface area contributed by atoms with Crippen LogP contribution >= 0.6 is 12.4 Å². The second-order valence-electron chi connectivity index (χ2n) is 9.90. The van der Waals surface area contributed by atoms with E-state index in [0.717, 1.165) is 51.7 Å². The molecule has 7 heteroatoms. The van der Waals surface area contributed by atoms with Gasteiger partial charge in [0.1, 0.15) is 11.5 Å². The van der Waals surface area contributed by atoms with Crippen LogP contribution in [0.5, 0.6) is 11.5 Å². The fraction of sp³-hybridized carbons (Fsp3) is 0.290. The van der Waals surface area contributed by atoms with Crippen LogP contribution in [0.15, 0.2) is 83.8 Å². The molecule has 0 saturated carbocycles. The van der Waals surface area contributed by atoms with Crippen molar-refractivity contribution in [2.45, 2.75) is 43.0 Å². The summed E-state index contributed by atoms with van der Waals surface area (Å²) in [6.45, 7) is 1.81. The molecule has 0 spiro atoms. The highest BCUT2D eigenvalue weighted by molar-refractivity contribution is 7.90. The standard InChI is InChI=1S/C31H33NO4S.ClH/c1-37(34,35)28-13-7-23(8-14-28)29-15-9-24-21-26(33)10-16-30(24)31(29)20-22-5-11-27(12-6-22)36-19-17-25-4-2-3-18-32-25;/h5-16,21,25,32-33H,2-4,17-20H2,1H3;1H. The lowest BCUT2D eigenvalue weighted by Crippen LogP contribution is -2.35. The number of ether oxygens (including phenoxy) is 1. The van der Waals surface area contributed by atoms with Crippen LogP contribution in [0, 0.1) is 0 Å². The van der Waals surface area contributed by atoms with Crippen LogP contribution in [0.25, 0.3) is 21.9 Å². The van der Waals surface area contributed by atoms with E-state index in [1.807, 2.05) is 42.5 Å². The molecule has 1 unspecified atom stereocenters. The number of aromatic hydroxyl groups is 1. The Kier molecular flexibility index (Phi) is 8.98. The van der Waals surface area contributed by atoms with Gasteiger partial charge in [0, 0.05) is 12.3 Å². The summed E-state index contributed by atoms with van der Waals surface area (Å²) in [5.41, 5.74) is 4.27. The lowest BCUT2D eigenvalue weighted by molar-refractivity contribution is 0.268. The maximum Gasteiger partial charge on any atom is 0.175 e. The van der Waals surface area contributed by atoms with E-state index in [1.54, 1.807) is 24.3 Å². The number of halogens is 1. The maximum absolute atomic E-state index is 11.9. The van der Waals surface area contributed by atoms with E-state index < -0.39 is 9.84 Å². The summed E-state index contributed by atoms with van der Waals surface area (Å²) in [5.74, 6) is 1.10. The highest BCUT2D eigenvalue weighted by Crippen LogP contribution is 2.34. The normalized spacial score (nSPS) is 15.7. The van der Waals surface area contributed by atoms with Crippen molar-refractivity contribution in [3.63, 3.8) is 0 Å². The highest BCUT2D eigenvalue weighted by Gasteiger charge is 2.14. The van der Waals surface area contributed by atoms with E-state index in [0.29, 0.717) is 24.0 Å². The molecule has 0 amide bonds. The van der Waals surface area contributed by atoms with Crippen LogP contribution < -0.4 is 10.1 Å². The number of rotatable bonds is 8. The smallest absolute Gasteiger partial charge is 0.175 e. The van der Waals surface area contributed by atoms with Crippen molar-refractivity contribution < 1.29 is 18.3 Å². The van der Waals surface area contributed by atoms with Gasteiger partial charge in [-0.1, -0.05) is 48.9 Å². The van der Waals surface area contributed by atoms with Crippen molar-refractivity contribution in [3.05, 3.63) is 90.0 Å². The Balaban J connectivity index is 0.00000336. The first-order valence-corrected chi connectivity index (χ1v) is 14.8. The first kappa shape index (κ1) is 28.0. The van der Waals surface area contributed by atoms with E-state index in [2.05, 4.69) is 17.4 Å². The molecule has 1 atom stereocenters. The van der Waals surface area contributed by atoms with Gasteiger partial charge in [0.15, 0.2) is 9.84 Å². The molecule has 1 fully saturated rings. The summed E-state index contributed by atoms with van der Waals surface area (Å²) in [4.78, 5) is 0.304. The number of fused-ring (bicyclic) bond motifs is 1. The van der Waals surface area contributed by atoms with Crippen LogP contribution in [0.4, 0.5) is 0 Å². The molecule has 0 radical (unpaired) electrons. The molecule has 38 heavy (non-hydrogen) atoms. The molecule has 1 aliphatic rings. The topological polar surface area (TPSA) is 75.6 Å². The minimum absolute atomic E-state index is 0. The molecule has 2 N–H and O–H groups in total. The maximum atomic E-state index is 11.9. The quantitative estimate of drug-likeness (QED) is 0.260. The third-order valence-electron chi connectivity index (χ3n) is 7.16. The molecule has 1 aliphatic heterocycles. The third kappa shape index (κ3) is 6.68. The third-order valence-corrected chi connectivity index (χ3v) is 8.29. The number of phenols is 1. The number of benzene rings is 4. The van der Waals surface area contributed by atoms with Gasteiger partial charge < -0.3 is 15.2 Å². The lowest BCUT2D eigenvalue weighted by atomic mass is 9.90. The molecule has 200 valence electrons. The molecule has 4 aromatic carbocycles. The predicted molar refractivity (Wildman–Crippen MR) is 156 cm³/mol. The number of sulfone groups is 1. The van der Waals surface area contributed by atoms with Crippen molar-refractivity contribution in [1.82, 2.24) is 5.32 Å². The molecular formula is C31H34ClNO4S. The monoisotopic (exact) mass is 551 g/mol. The zero-order valence-corrected chi connectivity index (χ0v) is 23.2. The molecule has 5 nitrogen and oxygen atoms in total. The van der Waals surface area contributed by atoms with E-state index in [1.165, 1.54) is 25.5 Å². The zero-order chi connectivity index (χ0) is 25.8. The fourth-order valence-corrected chi connectivity index (χ4v) is 5.75. The summed E-state index contributed by atoms with van der Waals surface area (Å²) in [6.07, 6.45) is 6.72. The van der Waals surface area contributed by atoms with Gasteiger partial charge in [0.05, 0.1) is 11.5 Å². The van der Waals surface area contributed by atoms with Gasteiger partial charge in [0.25, 0.3) is 0 Å². The van der Waals surface area contributed by atoms with E-state index in [-0.39, 0.29) is 18.2 Å². The molecule has 5 rings (SSSR count). The Morgan fingerprint density at radius 2 is 1.71 bits per heavy atom. The van der Waals surface area contributed by atoms with Crippen LogP contribution in [0.2, 0.25) is 0 Å². The second-order valence-corrected chi connectivity index (χ2v) is 11.9. The van der Waals surface area contributed by atoms with Gasteiger partial charge in [-0.25, -0.2) is 8.42 Å². The number of phenolic OH excluding ortho intramolecular Hbond substituents is 1. The zero-order valence-electron chi connectivity index (χ0n) is 21.5.